The predicted octanol–water partition coefficient (Wildman–Crippen LogP) is 3.95. The first kappa shape index (κ1) is 15.8. The quantitative estimate of drug-likeness (QED) is 0.899. The minimum Gasteiger partial charge on any atom is -0.495 e. The molecule has 1 N–H and O–H groups in total. The standard InChI is InChI=1S/C14H11BrF3NO2/c1-21-10-4-8(6-19-7-10)13(20)11-5-9(14(16,17)18)2-3-12(11)15/h2-7,13,20H,1H3. The van der Waals surface area contributed by atoms with Gasteiger partial charge in [-0.05, 0) is 29.8 Å². The summed E-state index contributed by atoms with van der Waals surface area (Å²) in [4.78, 5) is 3.88. The Kier molecular flexibility index (Phi) is 4.53. The second-order valence-electron chi connectivity index (χ2n) is 4.29. The maximum atomic E-state index is 12.8. The summed E-state index contributed by atoms with van der Waals surface area (Å²) in [6.45, 7) is 0. The largest absolute Gasteiger partial charge is 0.495 e. The van der Waals surface area contributed by atoms with E-state index >= 15 is 0 Å². The summed E-state index contributed by atoms with van der Waals surface area (Å²) >= 11 is 3.15. The fourth-order valence-electron chi connectivity index (χ4n) is 1.81. The Labute approximate surface area is 127 Å². The Morgan fingerprint density at radius 2 is 1.95 bits per heavy atom. The van der Waals surface area contributed by atoms with Crippen molar-refractivity contribution >= 4 is 15.9 Å². The normalized spacial score (nSPS) is 13.0. The van der Waals surface area contributed by atoms with Gasteiger partial charge in [-0.1, -0.05) is 15.9 Å². The van der Waals surface area contributed by atoms with Crippen molar-refractivity contribution < 1.29 is 23.0 Å². The average Bonchev–Trinajstić information content (AvgIpc) is 2.46. The molecule has 0 saturated heterocycles. The number of alkyl halides is 3. The summed E-state index contributed by atoms with van der Waals surface area (Å²) in [5.74, 6) is 0.412. The van der Waals surface area contributed by atoms with E-state index in [4.69, 9.17) is 4.74 Å². The van der Waals surface area contributed by atoms with Gasteiger partial charge in [0.25, 0.3) is 0 Å². The fourth-order valence-corrected chi connectivity index (χ4v) is 2.27. The number of hydrogen-bond donors (Lipinski definition) is 1. The van der Waals surface area contributed by atoms with Gasteiger partial charge < -0.3 is 9.84 Å². The molecule has 0 amide bonds. The van der Waals surface area contributed by atoms with Crippen molar-refractivity contribution in [1.82, 2.24) is 4.98 Å². The molecule has 1 heterocycles. The molecule has 0 aliphatic heterocycles. The van der Waals surface area contributed by atoms with E-state index < -0.39 is 17.8 Å². The van der Waals surface area contributed by atoms with Gasteiger partial charge in [-0.25, -0.2) is 0 Å². The van der Waals surface area contributed by atoms with Gasteiger partial charge in [-0.3, -0.25) is 4.98 Å². The third kappa shape index (κ3) is 3.54. The average molecular weight is 362 g/mol. The molecule has 0 aliphatic carbocycles. The van der Waals surface area contributed by atoms with Crippen LogP contribution in [0, 0.1) is 0 Å². The third-order valence-corrected chi connectivity index (χ3v) is 3.63. The van der Waals surface area contributed by atoms with Crippen LogP contribution in [0.25, 0.3) is 0 Å². The summed E-state index contributed by atoms with van der Waals surface area (Å²) in [5, 5.41) is 10.3. The molecule has 1 atom stereocenters. The van der Waals surface area contributed by atoms with Crippen LogP contribution >= 0.6 is 15.9 Å². The van der Waals surface area contributed by atoms with Crippen molar-refractivity contribution in [2.24, 2.45) is 0 Å². The fraction of sp³-hybridized carbons (Fsp3) is 0.214. The van der Waals surface area contributed by atoms with Crippen molar-refractivity contribution in [1.29, 1.82) is 0 Å². The number of methoxy groups -OCH3 is 1. The lowest BCUT2D eigenvalue weighted by Gasteiger charge is -2.16. The molecule has 0 aliphatic rings. The van der Waals surface area contributed by atoms with E-state index in [1.165, 1.54) is 31.6 Å². The van der Waals surface area contributed by atoms with Crippen LogP contribution in [0.5, 0.6) is 5.75 Å². The molecule has 21 heavy (non-hydrogen) atoms. The molecule has 2 aromatic rings. The van der Waals surface area contributed by atoms with E-state index in [2.05, 4.69) is 20.9 Å². The number of ether oxygens (including phenoxy) is 1. The summed E-state index contributed by atoms with van der Waals surface area (Å²) in [6.07, 6.45) is -2.90. The van der Waals surface area contributed by atoms with Gasteiger partial charge in [0.1, 0.15) is 11.9 Å². The molecule has 112 valence electrons. The van der Waals surface area contributed by atoms with Crippen molar-refractivity contribution in [2.75, 3.05) is 7.11 Å². The van der Waals surface area contributed by atoms with Gasteiger partial charge in [-0.2, -0.15) is 13.2 Å². The maximum absolute atomic E-state index is 12.8. The smallest absolute Gasteiger partial charge is 0.416 e. The Morgan fingerprint density at radius 3 is 2.57 bits per heavy atom. The van der Waals surface area contributed by atoms with Crippen LogP contribution in [-0.2, 0) is 6.18 Å². The highest BCUT2D eigenvalue weighted by atomic mass is 79.9. The van der Waals surface area contributed by atoms with Gasteiger partial charge >= 0.3 is 6.18 Å². The number of hydrogen-bond acceptors (Lipinski definition) is 3. The third-order valence-electron chi connectivity index (χ3n) is 2.90. The molecule has 1 aromatic carbocycles. The first-order chi connectivity index (χ1) is 9.82. The van der Waals surface area contributed by atoms with Gasteiger partial charge in [0, 0.05) is 16.2 Å². The van der Waals surface area contributed by atoms with Gasteiger partial charge in [0.15, 0.2) is 0 Å². The van der Waals surface area contributed by atoms with Crippen LogP contribution in [0.4, 0.5) is 13.2 Å². The first-order valence-electron chi connectivity index (χ1n) is 5.86. The molecule has 1 unspecified atom stereocenters. The number of rotatable bonds is 3. The van der Waals surface area contributed by atoms with E-state index in [1.54, 1.807) is 0 Å². The second-order valence-corrected chi connectivity index (χ2v) is 5.15. The predicted molar refractivity (Wildman–Crippen MR) is 74.0 cm³/mol. The minimum absolute atomic E-state index is 0.111. The van der Waals surface area contributed by atoms with Crippen LogP contribution in [0.2, 0.25) is 0 Å². The molecule has 0 fully saturated rings. The van der Waals surface area contributed by atoms with Crippen LogP contribution in [0.1, 0.15) is 22.8 Å². The molecule has 7 heteroatoms. The summed E-state index contributed by atoms with van der Waals surface area (Å²) in [5.41, 5.74) is -0.371. The van der Waals surface area contributed by atoms with Crippen molar-refractivity contribution in [3.8, 4) is 5.75 Å². The molecular formula is C14H11BrF3NO2. The maximum Gasteiger partial charge on any atom is 0.416 e. The molecule has 1 aromatic heterocycles. The molecule has 3 nitrogen and oxygen atoms in total. The number of aliphatic hydroxyl groups is 1. The first-order valence-corrected chi connectivity index (χ1v) is 6.66. The van der Waals surface area contributed by atoms with Crippen molar-refractivity contribution in [3.63, 3.8) is 0 Å². The zero-order valence-electron chi connectivity index (χ0n) is 10.9. The Hall–Kier alpha value is -1.60. The van der Waals surface area contributed by atoms with Crippen molar-refractivity contribution in [3.05, 3.63) is 57.8 Å². The Balaban J connectivity index is 2.44. The number of aromatic nitrogens is 1. The lowest BCUT2D eigenvalue weighted by molar-refractivity contribution is -0.137. The number of aliphatic hydroxyl groups excluding tert-OH is 1. The van der Waals surface area contributed by atoms with Gasteiger partial charge in [0.05, 0.1) is 18.9 Å². The highest BCUT2D eigenvalue weighted by molar-refractivity contribution is 9.10. The number of nitrogens with zero attached hydrogens (tertiary/aromatic N) is 1. The number of benzene rings is 1. The Morgan fingerprint density at radius 1 is 1.24 bits per heavy atom. The summed E-state index contributed by atoms with van der Waals surface area (Å²) < 4.78 is 43.6. The van der Waals surface area contributed by atoms with E-state index in [1.807, 2.05) is 0 Å². The monoisotopic (exact) mass is 361 g/mol. The number of halogens is 4. The lowest BCUT2D eigenvalue weighted by atomic mass is 10.0. The highest BCUT2D eigenvalue weighted by Crippen LogP contribution is 2.36. The zero-order valence-corrected chi connectivity index (χ0v) is 12.4. The van der Waals surface area contributed by atoms with E-state index in [-0.39, 0.29) is 5.56 Å². The molecular weight excluding hydrogens is 351 g/mol. The highest BCUT2D eigenvalue weighted by Gasteiger charge is 2.31. The topological polar surface area (TPSA) is 42.4 Å². The second kappa shape index (κ2) is 6.03. The van der Waals surface area contributed by atoms with E-state index in [0.717, 1.165) is 12.1 Å². The van der Waals surface area contributed by atoms with E-state index in [0.29, 0.717) is 15.8 Å². The molecule has 0 saturated carbocycles. The summed E-state index contributed by atoms with van der Waals surface area (Å²) in [6, 6.07) is 4.64. The number of pyridine rings is 1. The minimum atomic E-state index is -4.47. The van der Waals surface area contributed by atoms with E-state index in [9.17, 15) is 18.3 Å². The Bertz CT molecular complexity index is 646. The molecule has 0 radical (unpaired) electrons. The van der Waals surface area contributed by atoms with Crippen molar-refractivity contribution in [2.45, 2.75) is 12.3 Å². The van der Waals surface area contributed by atoms with Crippen LogP contribution in [0.3, 0.4) is 0 Å². The molecule has 2 rings (SSSR count). The SMILES string of the molecule is COc1cncc(C(O)c2cc(C(F)(F)F)ccc2Br)c1. The zero-order chi connectivity index (χ0) is 15.6. The molecule has 0 bridgehead atoms. The van der Waals surface area contributed by atoms with Crippen LogP contribution < -0.4 is 4.74 Å². The lowest BCUT2D eigenvalue weighted by Crippen LogP contribution is -2.08. The van der Waals surface area contributed by atoms with Gasteiger partial charge in [0.2, 0.25) is 0 Å². The van der Waals surface area contributed by atoms with Gasteiger partial charge in [-0.15, -0.1) is 0 Å². The van der Waals surface area contributed by atoms with Crippen LogP contribution in [-0.4, -0.2) is 17.2 Å². The van der Waals surface area contributed by atoms with Crippen LogP contribution in [0.15, 0.2) is 41.1 Å². The molecule has 0 spiro atoms. The summed E-state index contributed by atoms with van der Waals surface area (Å²) in [7, 11) is 1.44.